The van der Waals surface area contributed by atoms with Crippen LogP contribution in [0.1, 0.15) is 26.3 Å². The van der Waals surface area contributed by atoms with Crippen molar-refractivity contribution < 1.29 is 4.74 Å². The molecule has 0 saturated carbocycles. The number of aromatic nitrogens is 1. The van der Waals surface area contributed by atoms with Crippen LogP contribution in [0.25, 0.3) is 28.3 Å². The third-order valence-corrected chi connectivity index (χ3v) is 4.09. The second-order valence-electron chi connectivity index (χ2n) is 5.09. The summed E-state index contributed by atoms with van der Waals surface area (Å²) in [5.74, 6) is 0.930. The van der Waals surface area contributed by atoms with E-state index >= 15 is 0 Å². The lowest BCUT2D eigenvalue weighted by molar-refractivity contribution is 0.420. The van der Waals surface area contributed by atoms with Gasteiger partial charge in [-0.05, 0) is 25.5 Å². The molecule has 1 heterocycles. The van der Waals surface area contributed by atoms with E-state index in [0.717, 1.165) is 17.5 Å². The van der Waals surface area contributed by atoms with E-state index < -0.39 is 0 Å². The highest BCUT2D eigenvalue weighted by Crippen LogP contribution is 2.33. The van der Waals surface area contributed by atoms with Gasteiger partial charge in [-0.1, -0.05) is 31.7 Å². The molecule has 1 aromatic heterocycles. The second-order valence-corrected chi connectivity index (χ2v) is 5.09. The van der Waals surface area contributed by atoms with Crippen molar-refractivity contribution in [2.75, 3.05) is 7.11 Å². The maximum atomic E-state index is 5.47. The number of hydrogen-bond donors (Lipinski definition) is 0. The molecule has 2 nitrogen and oxygen atoms in total. The number of methoxy groups -OCH3 is 1. The van der Waals surface area contributed by atoms with Gasteiger partial charge in [-0.2, -0.15) is 0 Å². The molecule has 1 atom stereocenters. The Hall–Kier alpha value is -1.96. The normalized spacial score (nSPS) is 13.2. The van der Waals surface area contributed by atoms with Crippen molar-refractivity contribution in [3.05, 3.63) is 35.7 Å². The van der Waals surface area contributed by atoms with E-state index in [0.29, 0.717) is 6.04 Å². The Morgan fingerprint density at radius 3 is 2.63 bits per heavy atom. The number of hydrogen-bond acceptors (Lipinski definition) is 1. The molecular weight excluding hydrogens is 234 g/mol. The summed E-state index contributed by atoms with van der Waals surface area (Å²) in [6.45, 7) is 8.74. The lowest BCUT2D eigenvalue weighted by atomic mass is 10.1. The molecule has 0 aliphatic carbocycles. The fourth-order valence-corrected chi connectivity index (χ4v) is 2.94. The number of ether oxygens (including phenoxy) is 1. The van der Waals surface area contributed by atoms with E-state index in [4.69, 9.17) is 4.74 Å². The molecule has 19 heavy (non-hydrogen) atoms. The van der Waals surface area contributed by atoms with Crippen LogP contribution in [-0.2, 0) is 0 Å². The monoisotopic (exact) mass is 253 g/mol. The van der Waals surface area contributed by atoms with E-state index in [1.165, 1.54) is 21.7 Å². The molecule has 0 fully saturated rings. The number of benzene rings is 2. The van der Waals surface area contributed by atoms with Gasteiger partial charge in [0.15, 0.2) is 0 Å². The highest BCUT2D eigenvalue weighted by molar-refractivity contribution is 6.12. The number of nitrogens with zero attached hydrogens (tertiary/aromatic N) is 1. The van der Waals surface area contributed by atoms with Gasteiger partial charge < -0.3 is 9.30 Å². The van der Waals surface area contributed by atoms with Gasteiger partial charge in [-0.25, -0.2) is 0 Å². The van der Waals surface area contributed by atoms with Crippen molar-refractivity contribution in [3.63, 3.8) is 0 Å². The first-order valence-corrected chi connectivity index (χ1v) is 6.77. The molecule has 2 heteroatoms. The first kappa shape index (κ1) is 12.1. The van der Waals surface area contributed by atoms with Crippen LogP contribution in [0.4, 0.5) is 0 Å². The summed E-state index contributed by atoms with van der Waals surface area (Å²) < 4.78 is 7.82. The highest BCUT2D eigenvalue weighted by Gasteiger charge is 2.15. The molecule has 0 bridgehead atoms. The largest absolute Gasteiger partial charge is 0.496 e. The van der Waals surface area contributed by atoms with E-state index in [1.807, 2.05) is 0 Å². The van der Waals surface area contributed by atoms with Gasteiger partial charge in [-0.15, -0.1) is 0 Å². The third kappa shape index (κ3) is 1.56. The van der Waals surface area contributed by atoms with Crippen molar-refractivity contribution in [1.82, 2.24) is 4.57 Å². The Balaban J connectivity index is 2.53. The summed E-state index contributed by atoms with van der Waals surface area (Å²) >= 11 is 0. The van der Waals surface area contributed by atoms with Gasteiger partial charge in [-0.3, -0.25) is 0 Å². The van der Waals surface area contributed by atoms with Crippen molar-refractivity contribution in [2.45, 2.75) is 26.3 Å². The lowest BCUT2D eigenvalue weighted by Crippen LogP contribution is -2.18. The van der Waals surface area contributed by atoms with Crippen LogP contribution < -0.4 is 10.1 Å². The predicted molar refractivity (Wildman–Crippen MR) is 81.7 cm³/mol. The second kappa shape index (κ2) is 4.30. The molecule has 0 N–H and O–H groups in total. The summed E-state index contributed by atoms with van der Waals surface area (Å²) in [6, 6.07) is 11.0. The lowest BCUT2D eigenvalue weighted by Gasteiger charge is -2.14. The van der Waals surface area contributed by atoms with Crippen LogP contribution in [0.15, 0.2) is 30.3 Å². The molecule has 0 aliphatic heterocycles. The minimum absolute atomic E-state index is 0.455. The van der Waals surface area contributed by atoms with E-state index in [1.54, 1.807) is 7.11 Å². The topological polar surface area (TPSA) is 14.2 Å². The standard InChI is InChI=1S/C17H19NO/c1-5-11(2)18-12(3)13-7-6-8-14-16(19-4)10-9-15(18)17(13)14/h6-11H,3,5H2,1-2,4H3. The Morgan fingerprint density at radius 2 is 1.95 bits per heavy atom. The zero-order valence-corrected chi connectivity index (χ0v) is 11.7. The summed E-state index contributed by atoms with van der Waals surface area (Å²) in [4.78, 5) is 0. The van der Waals surface area contributed by atoms with E-state index in [2.05, 4.69) is 55.3 Å². The molecule has 2 aromatic carbocycles. The van der Waals surface area contributed by atoms with Crippen molar-refractivity contribution in [2.24, 2.45) is 0 Å². The number of rotatable bonds is 3. The predicted octanol–water partition coefficient (Wildman–Crippen LogP) is 3.90. The molecule has 0 spiro atoms. The third-order valence-electron chi connectivity index (χ3n) is 4.09. The quantitative estimate of drug-likeness (QED) is 0.690. The SMILES string of the molecule is C=c1c2cccc3c(OC)ccc(c32)n1C(C)CC. The molecule has 98 valence electrons. The summed E-state index contributed by atoms with van der Waals surface area (Å²) in [5, 5.41) is 4.77. The molecule has 0 radical (unpaired) electrons. The summed E-state index contributed by atoms with van der Waals surface area (Å²) in [5.41, 5.74) is 1.26. The van der Waals surface area contributed by atoms with Crippen molar-refractivity contribution in [3.8, 4) is 5.75 Å². The van der Waals surface area contributed by atoms with Crippen LogP contribution in [-0.4, -0.2) is 11.7 Å². The Morgan fingerprint density at radius 1 is 1.21 bits per heavy atom. The maximum absolute atomic E-state index is 5.47. The molecule has 0 amide bonds. The van der Waals surface area contributed by atoms with Crippen LogP contribution in [0.5, 0.6) is 5.75 Å². The Labute approximate surface area is 113 Å². The van der Waals surface area contributed by atoms with Gasteiger partial charge in [0.05, 0.1) is 12.6 Å². The van der Waals surface area contributed by atoms with Crippen LogP contribution >= 0.6 is 0 Å². The average molecular weight is 253 g/mol. The zero-order valence-electron chi connectivity index (χ0n) is 11.7. The molecule has 3 aromatic rings. The van der Waals surface area contributed by atoms with Gasteiger partial charge in [0.2, 0.25) is 0 Å². The zero-order chi connectivity index (χ0) is 13.6. The fraction of sp³-hybridized carbons (Fsp3) is 0.294. The van der Waals surface area contributed by atoms with Crippen LogP contribution in [0.2, 0.25) is 0 Å². The van der Waals surface area contributed by atoms with Gasteiger partial charge in [0.1, 0.15) is 5.75 Å². The van der Waals surface area contributed by atoms with E-state index in [-0.39, 0.29) is 0 Å². The summed E-state index contributed by atoms with van der Waals surface area (Å²) in [7, 11) is 1.72. The van der Waals surface area contributed by atoms with Crippen molar-refractivity contribution >= 4 is 28.3 Å². The van der Waals surface area contributed by atoms with Gasteiger partial charge in [0, 0.05) is 27.5 Å². The highest BCUT2D eigenvalue weighted by atomic mass is 16.5. The molecule has 0 saturated heterocycles. The first-order valence-electron chi connectivity index (χ1n) is 6.77. The smallest absolute Gasteiger partial charge is 0.126 e. The Bertz CT molecular complexity index is 785. The Kier molecular flexibility index (Phi) is 2.74. The average Bonchev–Trinajstić information content (AvgIpc) is 2.74. The van der Waals surface area contributed by atoms with Crippen LogP contribution in [0, 0.1) is 0 Å². The summed E-state index contributed by atoms with van der Waals surface area (Å²) in [6.07, 6.45) is 1.10. The minimum Gasteiger partial charge on any atom is -0.496 e. The minimum atomic E-state index is 0.455. The molecule has 3 rings (SSSR count). The van der Waals surface area contributed by atoms with Gasteiger partial charge >= 0.3 is 0 Å². The molecular formula is C17H19NO. The van der Waals surface area contributed by atoms with Crippen molar-refractivity contribution in [1.29, 1.82) is 0 Å². The maximum Gasteiger partial charge on any atom is 0.126 e. The molecule has 1 unspecified atom stereocenters. The van der Waals surface area contributed by atoms with E-state index in [9.17, 15) is 0 Å². The van der Waals surface area contributed by atoms with Crippen LogP contribution in [0.3, 0.4) is 0 Å². The van der Waals surface area contributed by atoms with Gasteiger partial charge in [0.25, 0.3) is 0 Å². The molecule has 0 aliphatic rings. The fourth-order valence-electron chi connectivity index (χ4n) is 2.94. The first-order chi connectivity index (χ1) is 9.19.